The average Bonchev–Trinajstić information content (AvgIpc) is 2.86. The van der Waals surface area contributed by atoms with Gasteiger partial charge in [0.1, 0.15) is 11.6 Å². The Morgan fingerprint density at radius 3 is 3.00 bits per heavy atom. The van der Waals surface area contributed by atoms with E-state index in [0.717, 1.165) is 23.3 Å². The molecule has 0 saturated heterocycles. The minimum atomic E-state index is -0.363. The maximum absolute atomic E-state index is 13.0. The molecule has 2 aromatic rings. The standard InChI is InChI=1S/C16H14FNO2/c17-13-2-1-3-14(10-13)18-16(19)9-11-4-5-15-12(8-11)6-7-20-15/h1-5,8,10H,6-7,9H2,(H,18,19). The molecule has 0 saturated carbocycles. The number of ether oxygens (including phenoxy) is 1. The van der Waals surface area contributed by atoms with Gasteiger partial charge in [0, 0.05) is 12.1 Å². The number of hydrogen-bond donors (Lipinski definition) is 1. The normalized spacial score (nSPS) is 12.7. The van der Waals surface area contributed by atoms with Crippen LogP contribution in [0.15, 0.2) is 42.5 Å². The van der Waals surface area contributed by atoms with Crippen LogP contribution >= 0.6 is 0 Å². The highest BCUT2D eigenvalue weighted by Gasteiger charge is 2.13. The minimum Gasteiger partial charge on any atom is -0.493 e. The van der Waals surface area contributed by atoms with Crippen molar-refractivity contribution in [1.82, 2.24) is 0 Å². The van der Waals surface area contributed by atoms with Crippen molar-refractivity contribution in [3.63, 3.8) is 0 Å². The summed E-state index contributed by atoms with van der Waals surface area (Å²) in [5, 5.41) is 2.69. The highest BCUT2D eigenvalue weighted by Crippen LogP contribution is 2.26. The molecule has 2 aromatic carbocycles. The van der Waals surface area contributed by atoms with E-state index in [1.807, 2.05) is 18.2 Å². The largest absolute Gasteiger partial charge is 0.493 e. The molecule has 1 N–H and O–H groups in total. The number of hydrogen-bond acceptors (Lipinski definition) is 2. The molecule has 0 bridgehead atoms. The minimum absolute atomic E-state index is 0.158. The molecule has 1 aliphatic rings. The van der Waals surface area contributed by atoms with Crippen LogP contribution < -0.4 is 10.1 Å². The van der Waals surface area contributed by atoms with E-state index in [9.17, 15) is 9.18 Å². The quantitative estimate of drug-likeness (QED) is 0.932. The summed E-state index contributed by atoms with van der Waals surface area (Å²) < 4.78 is 18.5. The lowest BCUT2D eigenvalue weighted by Crippen LogP contribution is -2.14. The van der Waals surface area contributed by atoms with Crippen molar-refractivity contribution >= 4 is 11.6 Å². The molecule has 0 spiro atoms. The summed E-state index contributed by atoms with van der Waals surface area (Å²) in [6.45, 7) is 0.703. The van der Waals surface area contributed by atoms with E-state index in [4.69, 9.17) is 4.74 Å². The van der Waals surface area contributed by atoms with Gasteiger partial charge in [-0.05, 0) is 35.4 Å². The van der Waals surface area contributed by atoms with Gasteiger partial charge in [-0.3, -0.25) is 4.79 Å². The fraction of sp³-hybridized carbons (Fsp3) is 0.188. The molecule has 20 heavy (non-hydrogen) atoms. The van der Waals surface area contributed by atoms with Crippen molar-refractivity contribution < 1.29 is 13.9 Å². The number of carbonyl (C=O) groups excluding carboxylic acids is 1. The number of benzene rings is 2. The summed E-state index contributed by atoms with van der Waals surface area (Å²) in [4.78, 5) is 11.9. The van der Waals surface area contributed by atoms with E-state index in [-0.39, 0.29) is 18.1 Å². The van der Waals surface area contributed by atoms with Gasteiger partial charge >= 0.3 is 0 Å². The number of carbonyl (C=O) groups is 1. The van der Waals surface area contributed by atoms with Crippen molar-refractivity contribution in [2.24, 2.45) is 0 Å². The molecule has 3 rings (SSSR count). The van der Waals surface area contributed by atoms with Crippen LogP contribution in [0.3, 0.4) is 0 Å². The maximum Gasteiger partial charge on any atom is 0.228 e. The highest BCUT2D eigenvalue weighted by atomic mass is 19.1. The number of amides is 1. The molecule has 4 heteroatoms. The van der Waals surface area contributed by atoms with Gasteiger partial charge in [0.05, 0.1) is 13.0 Å². The Morgan fingerprint density at radius 2 is 2.15 bits per heavy atom. The fourth-order valence-electron chi connectivity index (χ4n) is 2.31. The second-order valence-corrected chi connectivity index (χ2v) is 4.78. The Morgan fingerprint density at radius 1 is 1.25 bits per heavy atom. The molecule has 1 amide bonds. The van der Waals surface area contributed by atoms with Crippen LogP contribution in [-0.4, -0.2) is 12.5 Å². The lowest BCUT2D eigenvalue weighted by atomic mass is 10.1. The summed E-state index contributed by atoms with van der Waals surface area (Å²) in [6.07, 6.45) is 1.15. The second-order valence-electron chi connectivity index (χ2n) is 4.78. The molecule has 0 radical (unpaired) electrons. The lowest BCUT2D eigenvalue weighted by Gasteiger charge is -2.06. The molecule has 102 valence electrons. The number of halogens is 1. The van der Waals surface area contributed by atoms with Gasteiger partial charge in [-0.25, -0.2) is 4.39 Å². The lowest BCUT2D eigenvalue weighted by molar-refractivity contribution is -0.115. The van der Waals surface area contributed by atoms with Crippen molar-refractivity contribution in [3.8, 4) is 5.75 Å². The molecule has 0 aromatic heterocycles. The van der Waals surface area contributed by atoms with Crippen molar-refractivity contribution in [2.75, 3.05) is 11.9 Å². The van der Waals surface area contributed by atoms with Gasteiger partial charge in [-0.15, -0.1) is 0 Å². The molecule has 1 heterocycles. The molecule has 0 unspecified atom stereocenters. The van der Waals surface area contributed by atoms with Crippen molar-refractivity contribution in [2.45, 2.75) is 12.8 Å². The Kier molecular flexibility index (Phi) is 3.37. The molecule has 0 fully saturated rings. The molecular formula is C16H14FNO2. The van der Waals surface area contributed by atoms with Crippen LogP contribution in [0.4, 0.5) is 10.1 Å². The summed E-state index contributed by atoms with van der Waals surface area (Å²) in [5.41, 5.74) is 2.55. The Bertz CT molecular complexity index is 655. The van der Waals surface area contributed by atoms with Gasteiger partial charge < -0.3 is 10.1 Å². The van der Waals surface area contributed by atoms with Crippen LogP contribution in [-0.2, 0) is 17.6 Å². The first kappa shape index (κ1) is 12.7. The van der Waals surface area contributed by atoms with E-state index in [1.54, 1.807) is 12.1 Å². The van der Waals surface area contributed by atoms with E-state index in [1.165, 1.54) is 12.1 Å². The van der Waals surface area contributed by atoms with Crippen LogP contribution in [0.2, 0.25) is 0 Å². The first-order valence-electron chi connectivity index (χ1n) is 6.51. The zero-order valence-electron chi connectivity index (χ0n) is 10.9. The molecule has 0 aliphatic carbocycles. The number of rotatable bonds is 3. The fourth-order valence-corrected chi connectivity index (χ4v) is 2.31. The third-order valence-corrected chi connectivity index (χ3v) is 3.23. The first-order chi connectivity index (χ1) is 9.70. The number of nitrogens with one attached hydrogen (secondary N) is 1. The zero-order chi connectivity index (χ0) is 13.9. The summed E-state index contributed by atoms with van der Waals surface area (Å²) in [5.74, 6) is 0.381. The summed E-state index contributed by atoms with van der Waals surface area (Å²) in [7, 11) is 0. The van der Waals surface area contributed by atoms with E-state index in [0.29, 0.717) is 12.3 Å². The first-order valence-corrected chi connectivity index (χ1v) is 6.51. The third-order valence-electron chi connectivity index (χ3n) is 3.23. The van der Waals surface area contributed by atoms with Crippen molar-refractivity contribution in [1.29, 1.82) is 0 Å². The van der Waals surface area contributed by atoms with Gasteiger partial charge in [0.2, 0.25) is 5.91 Å². The van der Waals surface area contributed by atoms with E-state index >= 15 is 0 Å². The van der Waals surface area contributed by atoms with Gasteiger partial charge in [-0.1, -0.05) is 18.2 Å². The van der Waals surface area contributed by atoms with Gasteiger partial charge in [-0.2, -0.15) is 0 Å². The molecule has 0 atom stereocenters. The Labute approximate surface area is 116 Å². The topological polar surface area (TPSA) is 38.3 Å². The Balaban J connectivity index is 1.67. The molecule has 1 aliphatic heterocycles. The second kappa shape index (κ2) is 5.33. The smallest absolute Gasteiger partial charge is 0.228 e. The van der Waals surface area contributed by atoms with Crippen LogP contribution in [0, 0.1) is 5.82 Å². The van der Waals surface area contributed by atoms with Gasteiger partial charge in [0.25, 0.3) is 0 Å². The summed E-state index contributed by atoms with van der Waals surface area (Å²) in [6, 6.07) is 11.6. The third kappa shape index (κ3) is 2.79. The maximum atomic E-state index is 13.0. The highest BCUT2D eigenvalue weighted by molar-refractivity contribution is 5.92. The molecule has 3 nitrogen and oxygen atoms in total. The Hall–Kier alpha value is -2.36. The van der Waals surface area contributed by atoms with Gasteiger partial charge in [0.15, 0.2) is 0 Å². The van der Waals surface area contributed by atoms with Crippen LogP contribution in [0.5, 0.6) is 5.75 Å². The van der Waals surface area contributed by atoms with E-state index in [2.05, 4.69) is 5.32 Å². The van der Waals surface area contributed by atoms with Crippen LogP contribution in [0.1, 0.15) is 11.1 Å². The van der Waals surface area contributed by atoms with E-state index < -0.39 is 0 Å². The number of fused-ring (bicyclic) bond motifs is 1. The number of anilines is 1. The molecular weight excluding hydrogens is 257 g/mol. The SMILES string of the molecule is O=C(Cc1ccc2c(c1)CCO2)Nc1cccc(F)c1. The predicted octanol–water partition coefficient (Wildman–Crippen LogP) is 2.94. The summed E-state index contributed by atoms with van der Waals surface area (Å²) >= 11 is 0. The average molecular weight is 271 g/mol. The van der Waals surface area contributed by atoms with Crippen molar-refractivity contribution in [3.05, 3.63) is 59.4 Å². The van der Waals surface area contributed by atoms with Crippen LogP contribution in [0.25, 0.3) is 0 Å². The monoisotopic (exact) mass is 271 g/mol. The zero-order valence-corrected chi connectivity index (χ0v) is 10.9. The predicted molar refractivity (Wildman–Crippen MR) is 74.4 cm³/mol.